The predicted molar refractivity (Wildman–Crippen MR) is 60.2 cm³/mol. The van der Waals surface area contributed by atoms with Gasteiger partial charge in [0.2, 0.25) is 0 Å². The summed E-state index contributed by atoms with van der Waals surface area (Å²) in [6.45, 7) is 3.19. The smallest absolute Gasteiger partial charge is 0.254 e. The molecule has 1 aliphatic carbocycles. The van der Waals surface area contributed by atoms with Crippen molar-refractivity contribution in [3.05, 3.63) is 11.8 Å². The Hall–Kier alpha value is -1.52. The van der Waals surface area contributed by atoms with Crippen molar-refractivity contribution in [1.29, 1.82) is 0 Å². The van der Waals surface area contributed by atoms with E-state index in [0.717, 1.165) is 18.8 Å². The van der Waals surface area contributed by atoms with Crippen molar-refractivity contribution in [3.63, 3.8) is 0 Å². The molecule has 1 amide bonds. The number of carbonyl (C=O) groups excluding carboxylic acids is 1. The second kappa shape index (κ2) is 2.99. The summed E-state index contributed by atoms with van der Waals surface area (Å²) in [6, 6.07) is 0.414. The number of nitrogens with zero attached hydrogens (tertiary/aromatic N) is 2. The zero-order chi connectivity index (χ0) is 11.3. The van der Waals surface area contributed by atoms with Crippen LogP contribution in [0, 0.1) is 5.41 Å². The van der Waals surface area contributed by atoms with E-state index in [1.807, 2.05) is 4.68 Å². The molecule has 0 bridgehead atoms. The van der Waals surface area contributed by atoms with E-state index in [0.29, 0.717) is 17.0 Å². The Kier molecular flexibility index (Phi) is 1.81. The highest BCUT2D eigenvalue weighted by atomic mass is 16.1. The normalized spacial score (nSPS) is 25.7. The Morgan fingerprint density at radius 3 is 3.06 bits per heavy atom. The van der Waals surface area contributed by atoms with Gasteiger partial charge >= 0.3 is 0 Å². The molecule has 1 saturated carbocycles. The third-order valence-electron chi connectivity index (χ3n) is 3.91. The lowest BCUT2D eigenvalue weighted by molar-refractivity contribution is 0.100. The zero-order valence-corrected chi connectivity index (χ0v) is 9.36. The molecule has 3 rings (SSSR count). The third kappa shape index (κ3) is 1.24. The van der Waals surface area contributed by atoms with Gasteiger partial charge in [-0.1, -0.05) is 6.92 Å². The molecule has 0 spiro atoms. The number of fused-ring (bicyclic) bond motifs is 1. The summed E-state index contributed by atoms with van der Waals surface area (Å²) in [4.78, 5) is 11.2. The molecule has 16 heavy (non-hydrogen) atoms. The number of amides is 1. The monoisotopic (exact) mass is 220 g/mol. The van der Waals surface area contributed by atoms with Crippen LogP contribution in [0.1, 0.15) is 42.6 Å². The summed E-state index contributed by atoms with van der Waals surface area (Å²) >= 11 is 0. The molecular formula is C11H16N4O. The van der Waals surface area contributed by atoms with Gasteiger partial charge in [-0.3, -0.25) is 4.79 Å². The Balaban J connectivity index is 2.03. The summed E-state index contributed by atoms with van der Waals surface area (Å²) in [7, 11) is 0. The van der Waals surface area contributed by atoms with E-state index in [1.54, 1.807) is 6.20 Å². The summed E-state index contributed by atoms with van der Waals surface area (Å²) in [5, 5.41) is 7.54. The average Bonchev–Trinajstić information content (AvgIpc) is 2.85. The lowest BCUT2D eigenvalue weighted by Crippen LogP contribution is -2.29. The quantitative estimate of drug-likeness (QED) is 0.785. The van der Waals surface area contributed by atoms with Gasteiger partial charge in [0.05, 0.1) is 12.2 Å². The van der Waals surface area contributed by atoms with Gasteiger partial charge in [0, 0.05) is 6.54 Å². The maximum absolute atomic E-state index is 11.2. The molecule has 0 radical (unpaired) electrons. The van der Waals surface area contributed by atoms with Crippen LogP contribution >= 0.6 is 0 Å². The molecule has 1 aromatic heterocycles. The van der Waals surface area contributed by atoms with Gasteiger partial charge in [0.25, 0.3) is 5.91 Å². The molecule has 1 aliphatic heterocycles. The molecule has 1 aromatic rings. The molecule has 0 saturated heterocycles. The van der Waals surface area contributed by atoms with Crippen LogP contribution in [0.4, 0.5) is 5.82 Å². The maximum Gasteiger partial charge on any atom is 0.254 e. The summed E-state index contributed by atoms with van der Waals surface area (Å²) in [5.74, 6) is 0.396. The fourth-order valence-electron chi connectivity index (χ4n) is 2.58. The highest BCUT2D eigenvalue weighted by molar-refractivity contribution is 5.97. The van der Waals surface area contributed by atoms with Gasteiger partial charge in [-0.2, -0.15) is 5.10 Å². The highest BCUT2D eigenvalue weighted by Gasteiger charge is 2.47. The number of nitrogens with one attached hydrogen (secondary N) is 1. The number of rotatable bonds is 2. The minimum absolute atomic E-state index is 0.373. The molecule has 5 heteroatoms. The number of primary amides is 1. The van der Waals surface area contributed by atoms with Crippen LogP contribution < -0.4 is 11.1 Å². The molecule has 86 valence electrons. The Morgan fingerprint density at radius 1 is 1.69 bits per heavy atom. The minimum Gasteiger partial charge on any atom is -0.370 e. The van der Waals surface area contributed by atoms with E-state index < -0.39 is 5.91 Å². The number of carbonyl (C=O) groups is 1. The number of hydrogen-bond acceptors (Lipinski definition) is 3. The van der Waals surface area contributed by atoms with Crippen molar-refractivity contribution in [3.8, 4) is 0 Å². The molecule has 3 N–H and O–H groups in total. The van der Waals surface area contributed by atoms with E-state index in [-0.39, 0.29) is 0 Å². The van der Waals surface area contributed by atoms with Crippen molar-refractivity contribution in [2.75, 3.05) is 11.9 Å². The number of anilines is 1. The minimum atomic E-state index is -0.407. The second-order valence-corrected chi connectivity index (χ2v) is 5.10. The van der Waals surface area contributed by atoms with Crippen molar-refractivity contribution >= 4 is 11.7 Å². The van der Waals surface area contributed by atoms with Crippen LogP contribution in [0.15, 0.2) is 6.20 Å². The average molecular weight is 220 g/mol. The van der Waals surface area contributed by atoms with Crippen molar-refractivity contribution in [1.82, 2.24) is 9.78 Å². The first kappa shape index (κ1) is 9.69. The van der Waals surface area contributed by atoms with Crippen LogP contribution in [0.25, 0.3) is 0 Å². The second-order valence-electron chi connectivity index (χ2n) is 5.10. The molecule has 2 heterocycles. The molecule has 2 aliphatic rings. The topological polar surface area (TPSA) is 72.9 Å². The number of aromatic nitrogens is 2. The molecule has 1 atom stereocenters. The Morgan fingerprint density at radius 2 is 2.44 bits per heavy atom. The number of nitrogens with two attached hydrogens (primary N) is 1. The molecule has 1 unspecified atom stereocenters. The van der Waals surface area contributed by atoms with E-state index >= 15 is 0 Å². The largest absolute Gasteiger partial charge is 0.370 e. The third-order valence-corrected chi connectivity index (χ3v) is 3.91. The Bertz CT molecular complexity index is 447. The number of hydrogen-bond donors (Lipinski definition) is 2. The fraction of sp³-hybridized carbons (Fsp3) is 0.636. The van der Waals surface area contributed by atoms with E-state index in [2.05, 4.69) is 17.3 Å². The summed E-state index contributed by atoms with van der Waals surface area (Å²) < 4.78 is 1.95. The van der Waals surface area contributed by atoms with E-state index in [1.165, 1.54) is 12.8 Å². The van der Waals surface area contributed by atoms with Crippen LogP contribution in [-0.4, -0.2) is 22.2 Å². The predicted octanol–water partition coefficient (Wildman–Crippen LogP) is 1.14. The SMILES string of the molecule is CC1(C2CCNc3c(C(N)=O)cnn32)CC1. The van der Waals surface area contributed by atoms with Gasteiger partial charge in [-0.15, -0.1) is 0 Å². The fourth-order valence-corrected chi connectivity index (χ4v) is 2.58. The van der Waals surface area contributed by atoms with Gasteiger partial charge in [0.1, 0.15) is 11.4 Å². The molecule has 1 fully saturated rings. The summed E-state index contributed by atoms with van der Waals surface area (Å²) in [6.07, 6.45) is 5.16. The molecule has 5 nitrogen and oxygen atoms in total. The molecular weight excluding hydrogens is 204 g/mol. The first-order chi connectivity index (χ1) is 7.62. The Labute approximate surface area is 94.0 Å². The van der Waals surface area contributed by atoms with Crippen molar-refractivity contribution in [2.45, 2.75) is 32.2 Å². The van der Waals surface area contributed by atoms with Crippen molar-refractivity contribution in [2.24, 2.45) is 11.1 Å². The van der Waals surface area contributed by atoms with Gasteiger partial charge < -0.3 is 11.1 Å². The highest BCUT2D eigenvalue weighted by Crippen LogP contribution is 2.56. The lowest BCUT2D eigenvalue weighted by Gasteiger charge is -2.30. The van der Waals surface area contributed by atoms with Gasteiger partial charge in [-0.05, 0) is 24.7 Å². The maximum atomic E-state index is 11.2. The van der Waals surface area contributed by atoms with Crippen molar-refractivity contribution < 1.29 is 4.79 Å². The van der Waals surface area contributed by atoms with Crippen LogP contribution in [0.3, 0.4) is 0 Å². The molecule has 0 aromatic carbocycles. The van der Waals surface area contributed by atoms with E-state index in [4.69, 9.17) is 5.73 Å². The van der Waals surface area contributed by atoms with E-state index in [9.17, 15) is 4.79 Å². The first-order valence-electron chi connectivity index (χ1n) is 5.73. The standard InChI is InChI=1S/C11H16N4O/c1-11(3-4-11)8-2-5-13-10-7(9(12)16)6-14-15(8)10/h6,8,13H,2-5H2,1H3,(H2,12,16). The van der Waals surface area contributed by atoms with Crippen LogP contribution in [0.2, 0.25) is 0 Å². The van der Waals surface area contributed by atoms with Crippen LogP contribution in [0.5, 0.6) is 0 Å². The van der Waals surface area contributed by atoms with Gasteiger partial charge in [0.15, 0.2) is 0 Å². The first-order valence-corrected chi connectivity index (χ1v) is 5.73. The summed E-state index contributed by atoms with van der Waals surface area (Å²) in [5.41, 5.74) is 6.20. The van der Waals surface area contributed by atoms with Crippen LogP contribution in [-0.2, 0) is 0 Å². The zero-order valence-electron chi connectivity index (χ0n) is 9.36. The van der Waals surface area contributed by atoms with Gasteiger partial charge in [-0.25, -0.2) is 4.68 Å². The lowest BCUT2D eigenvalue weighted by atomic mass is 9.94.